The number of carbonyl (C=O) groups excluding carboxylic acids is 1. The lowest BCUT2D eigenvalue weighted by Crippen LogP contribution is -2.48. The van der Waals surface area contributed by atoms with Gasteiger partial charge < -0.3 is 20.1 Å². The summed E-state index contributed by atoms with van der Waals surface area (Å²) >= 11 is 0. The number of methoxy groups -OCH3 is 1. The van der Waals surface area contributed by atoms with Gasteiger partial charge >= 0.3 is 12.0 Å². The molecule has 0 saturated carbocycles. The van der Waals surface area contributed by atoms with Gasteiger partial charge in [0.1, 0.15) is 6.04 Å². The zero-order valence-corrected chi connectivity index (χ0v) is 12.7. The van der Waals surface area contributed by atoms with E-state index in [1.54, 1.807) is 39.2 Å². The van der Waals surface area contributed by atoms with Gasteiger partial charge in [0.15, 0.2) is 0 Å². The first-order valence-corrected chi connectivity index (χ1v) is 6.58. The van der Waals surface area contributed by atoms with Crippen LogP contribution in [-0.2, 0) is 11.3 Å². The molecule has 1 atom stereocenters. The number of carbonyl (C=O) groups is 2. The van der Waals surface area contributed by atoms with Crippen LogP contribution in [-0.4, -0.2) is 47.2 Å². The molecule has 1 rings (SSSR count). The summed E-state index contributed by atoms with van der Waals surface area (Å²) in [7, 11) is 3.12. The lowest BCUT2D eigenvalue weighted by molar-refractivity contribution is -0.140. The highest BCUT2D eigenvalue weighted by Gasteiger charge is 2.24. The van der Waals surface area contributed by atoms with Gasteiger partial charge in [-0.25, -0.2) is 14.6 Å². The summed E-state index contributed by atoms with van der Waals surface area (Å²) in [6.45, 7) is 3.81. The lowest BCUT2D eigenvalue weighted by Gasteiger charge is -2.23. The molecule has 2 N–H and O–H groups in total. The number of rotatable bonds is 6. The lowest BCUT2D eigenvalue weighted by atomic mass is 10.1. The van der Waals surface area contributed by atoms with Gasteiger partial charge in [0, 0.05) is 25.9 Å². The minimum atomic E-state index is -1.04. The molecule has 1 aromatic heterocycles. The first-order valence-electron chi connectivity index (χ1n) is 6.58. The SMILES string of the molecule is COc1ccc(CN(C)C(=O)N[C@H](C(=O)O)C(C)C)cn1. The molecule has 0 radical (unpaired) electrons. The molecule has 7 nitrogen and oxygen atoms in total. The van der Waals surface area contributed by atoms with E-state index in [0.29, 0.717) is 12.4 Å². The maximum absolute atomic E-state index is 12.0. The van der Waals surface area contributed by atoms with Crippen LogP contribution < -0.4 is 10.1 Å². The zero-order valence-electron chi connectivity index (χ0n) is 12.7. The summed E-state index contributed by atoms with van der Waals surface area (Å²) in [6, 6.07) is 2.16. The molecule has 0 aliphatic carbocycles. The first-order chi connectivity index (χ1) is 9.85. The molecular weight excluding hydrogens is 274 g/mol. The third-order valence-electron chi connectivity index (χ3n) is 2.98. The Labute approximate surface area is 123 Å². The van der Waals surface area contributed by atoms with Gasteiger partial charge in [0.2, 0.25) is 5.88 Å². The van der Waals surface area contributed by atoms with Crippen LogP contribution >= 0.6 is 0 Å². The summed E-state index contributed by atoms with van der Waals surface area (Å²) in [5.41, 5.74) is 0.824. The van der Waals surface area contributed by atoms with Crippen molar-refractivity contribution in [3.05, 3.63) is 23.9 Å². The van der Waals surface area contributed by atoms with Crippen LogP contribution in [0.5, 0.6) is 5.88 Å². The van der Waals surface area contributed by atoms with Crippen molar-refractivity contribution < 1.29 is 19.4 Å². The van der Waals surface area contributed by atoms with Gasteiger partial charge in [-0.15, -0.1) is 0 Å². The molecule has 0 spiro atoms. The zero-order chi connectivity index (χ0) is 16.0. The van der Waals surface area contributed by atoms with Gasteiger partial charge in [0.25, 0.3) is 0 Å². The summed E-state index contributed by atoms with van der Waals surface area (Å²) in [6.07, 6.45) is 1.61. The van der Waals surface area contributed by atoms with Crippen LogP contribution in [0.4, 0.5) is 4.79 Å². The first kappa shape index (κ1) is 16.7. The van der Waals surface area contributed by atoms with E-state index in [0.717, 1.165) is 5.56 Å². The quantitative estimate of drug-likeness (QED) is 0.826. The van der Waals surface area contributed by atoms with Gasteiger partial charge in [-0.05, 0) is 11.5 Å². The smallest absolute Gasteiger partial charge is 0.326 e. The number of hydrogen-bond donors (Lipinski definition) is 2. The van der Waals surface area contributed by atoms with Crippen molar-refractivity contribution in [2.75, 3.05) is 14.2 Å². The van der Waals surface area contributed by atoms with E-state index in [4.69, 9.17) is 9.84 Å². The number of carboxylic acid groups (broad SMARTS) is 1. The van der Waals surface area contributed by atoms with E-state index >= 15 is 0 Å². The number of carboxylic acids is 1. The van der Waals surface area contributed by atoms with Crippen LogP contribution in [0, 0.1) is 5.92 Å². The normalized spacial score (nSPS) is 11.9. The van der Waals surface area contributed by atoms with E-state index in [9.17, 15) is 9.59 Å². The van der Waals surface area contributed by atoms with Gasteiger partial charge in [-0.2, -0.15) is 0 Å². The van der Waals surface area contributed by atoms with Crippen molar-refractivity contribution in [1.82, 2.24) is 15.2 Å². The molecule has 21 heavy (non-hydrogen) atoms. The molecule has 0 fully saturated rings. The maximum atomic E-state index is 12.0. The Kier molecular flexibility index (Phi) is 5.95. The second kappa shape index (κ2) is 7.47. The molecule has 7 heteroatoms. The Bertz CT molecular complexity index is 487. The molecule has 2 amide bonds. The van der Waals surface area contributed by atoms with Crippen LogP contribution in [0.25, 0.3) is 0 Å². The van der Waals surface area contributed by atoms with E-state index in [1.807, 2.05) is 0 Å². The molecule has 0 aliphatic rings. The summed E-state index contributed by atoms with van der Waals surface area (Å²) < 4.78 is 4.96. The predicted octanol–water partition coefficient (Wildman–Crippen LogP) is 1.34. The third-order valence-corrected chi connectivity index (χ3v) is 2.98. The average Bonchev–Trinajstić information content (AvgIpc) is 2.44. The van der Waals surface area contributed by atoms with E-state index in [1.165, 1.54) is 12.0 Å². The molecule has 0 saturated heterocycles. The van der Waals surface area contributed by atoms with Crippen LogP contribution in [0.3, 0.4) is 0 Å². The monoisotopic (exact) mass is 295 g/mol. The van der Waals surface area contributed by atoms with Crippen molar-refractivity contribution in [3.63, 3.8) is 0 Å². The van der Waals surface area contributed by atoms with E-state index in [2.05, 4.69) is 10.3 Å². The second-order valence-electron chi connectivity index (χ2n) is 5.07. The van der Waals surface area contributed by atoms with Crippen molar-refractivity contribution in [2.24, 2.45) is 5.92 Å². The molecule has 1 heterocycles. The molecule has 0 bridgehead atoms. The Morgan fingerprint density at radius 2 is 2.10 bits per heavy atom. The third kappa shape index (κ3) is 4.94. The highest BCUT2D eigenvalue weighted by molar-refractivity contribution is 5.82. The average molecular weight is 295 g/mol. The highest BCUT2D eigenvalue weighted by Crippen LogP contribution is 2.09. The number of nitrogens with one attached hydrogen (secondary N) is 1. The number of ether oxygens (including phenoxy) is 1. The number of amides is 2. The van der Waals surface area contributed by atoms with Crippen LogP contribution in [0.15, 0.2) is 18.3 Å². The number of aliphatic carboxylic acids is 1. The van der Waals surface area contributed by atoms with Crippen molar-refractivity contribution in [3.8, 4) is 5.88 Å². The highest BCUT2D eigenvalue weighted by atomic mass is 16.5. The second-order valence-corrected chi connectivity index (χ2v) is 5.07. The maximum Gasteiger partial charge on any atom is 0.326 e. The Morgan fingerprint density at radius 3 is 2.52 bits per heavy atom. The number of pyridine rings is 1. The summed E-state index contributed by atoms with van der Waals surface area (Å²) in [5.74, 6) is -0.739. The fourth-order valence-corrected chi connectivity index (χ4v) is 1.73. The van der Waals surface area contributed by atoms with Crippen molar-refractivity contribution in [1.29, 1.82) is 0 Å². The van der Waals surface area contributed by atoms with Gasteiger partial charge in [-0.3, -0.25) is 0 Å². The minimum Gasteiger partial charge on any atom is -0.481 e. The summed E-state index contributed by atoms with van der Waals surface area (Å²) in [5, 5.41) is 11.6. The largest absolute Gasteiger partial charge is 0.481 e. The van der Waals surface area contributed by atoms with Crippen molar-refractivity contribution in [2.45, 2.75) is 26.4 Å². The number of urea groups is 1. The van der Waals surface area contributed by atoms with Gasteiger partial charge in [-0.1, -0.05) is 19.9 Å². The number of nitrogens with zero attached hydrogens (tertiary/aromatic N) is 2. The fourth-order valence-electron chi connectivity index (χ4n) is 1.73. The van der Waals surface area contributed by atoms with E-state index < -0.39 is 18.0 Å². The Morgan fingerprint density at radius 1 is 1.43 bits per heavy atom. The minimum absolute atomic E-state index is 0.192. The molecule has 0 aromatic carbocycles. The van der Waals surface area contributed by atoms with Gasteiger partial charge in [0.05, 0.1) is 7.11 Å². The molecule has 0 aliphatic heterocycles. The molecule has 0 unspecified atom stereocenters. The fraction of sp³-hybridized carbons (Fsp3) is 0.500. The molecule has 1 aromatic rings. The van der Waals surface area contributed by atoms with Crippen molar-refractivity contribution >= 4 is 12.0 Å². The van der Waals surface area contributed by atoms with E-state index in [-0.39, 0.29) is 5.92 Å². The van der Waals surface area contributed by atoms with Crippen LogP contribution in [0.2, 0.25) is 0 Å². The van der Waals surface area contributed by atoms with Crippen LogP contribution in [0.1, 0.15) is 19.4 Å². The topological polar surface area (TPSA) is 91.8 Å². The molecule has 116 valence electrons. The Balaban J connectivity index is 2.63. The predicted molar refractivity (Wildman–Crippen MR) is 77.0 cm³/mol. The standard InChI is InChI=1S/C14H21N3O4/c1-9(2)12(13(18)19)16-14(20)17(3)8-10-5-6-11(21-4)15-7-10/h5-7,9,12H,8H2,1-4H3,(H,16,20)(H,18,19)/t12-/m0/s1. The number of aromatic nitrogens is 1. The summed E-state index contributed by atoms with van der Waals surface area (Å²) in [4.78, 5) is 28.5. The Hall–Kier alpha value is -2.31. The molecular formula is C14H21N3O4. The number of hydrogen-bond acceptors (Lipinski definition) is 4.